The highest BCUT2D eigenvalue weighted by molar-refractivity contribution is 5.91. The maximum Gasteiger partial charge on any atom is 0.271 e. The predicted octanol–water partition coefficient (Wildman–Crippen LogP) is 0.399. The third-order valence-corrected chi connectivity index (χ3v) is 2.72. The molecule has 0 radical (unpaired) electrons. The number of aromatic nitrogens is 5. The normalized spacial score (nSPS) is 10.4. The summed E-state index contributed by atoms with van der Waals surface area (Å²) in [6.07, 6.45) is 6.24. The monoisotopic (exact) mass is 289 g/mol. The van der Waals surface area contributed by atoms with Crippen LogP contribution in [0.15, 0.2) is 18.7 Å². The van der Waals surface area contributed by atoms with Crippen molar-refractivity contribution in [2.75, 3.05) is 18.4 Å². The highest BCUT2D eigenvalue weighted by Gasteiger charge is 2.08. The van der Waals surface area contributed by atoms with Gasteiger partial charge in [-0.15, -0.1) is 0 Å². The summed E-state index contributed by atoms with van der Waals surface area (Å²) in [6.45, 7) is 3.36. The van der Waals surface area contributed by atoms with Crippen molar-refractivity contribution in [1.82, 2.24) is 30.0 Å². The predicted molar refractivity (Wildman–Crippen MR) is 77.9 cm³/mol. The lowest BCUT2D eigenvalue weighted by Crippen LogP contribution is -2.27. The largest absolute Gasteiger partial charge is 0.369 e. The molecule has 0 aliphatic rings. The summed E-state index contributed by atoms with van der Waals surface area (Å²) in [4.78, 5) is 24.2. The van der Waals surface area contributed by atoms with Gasteiger partial charge >= 0.3 is 0 Å². The second-order valence-corrected chi connectivity index (χ2v) is 4.55. The average molecular weight is 289 g/mol. The summed E-state index contributed by atoms with van der Waals surface area (Å²) < 4.78 is 1.63. The molecule has 8 nitrogen and oxygen atoms in total. The Labute approximate surface area is 123 Å². The van der Waals surface area contributed by atoms with Gasteiger partial charge in [0.05, 0.1) is 12.4 Å². The Balaban J connectivity index is 1.79. The number of nitrogens with one attached hydrogen (secondary N) is 2. The Morgan fingerprint density at radius 2 is 2.10 bits per heavy atom. The van der Waals surface area contributed by atoms with Gasteiger partial charge in [0.2, 0.25) is 0 Å². The summed E-state index contributed by atoms with van der Waals surface area (Å²) in [5, 5.41) is 10.0. The van der Waals surface area contributed by atoms with Crippen molar-refractivity contribution in [2.45, 2.75) is 19.8 Å². The second-order valence-electron chi connectivity index (χ2n) is 4.55. The highest BCUT2D eigenvalue weighted by Crippen LogP contribution is 2.01. The lowest BCUT2D eigenvalue weighted by Gasteiger charge is -2.05. The van der Waals surface area contributed by atoms with E-state index >= 15 is 0 Å². The third kappa shape index (κ3) is 4.51. The van der Waals surface area contributed by atoms with Crippen LogP contribution in [0.1, 0.15) is 29.7 Å². The molecule has 2 N–H and O–H groups in total. The van der Waals surface area contributed by atoms with Crippen LogP contribution < -0.4 is 10.6 Å². The Morgan fingerprint density at radius 3 is 2.71 bits per heavy atom. The molecule has 8 heteroatoms. The van der Waals surface area contributed by atoms with Gasteiger partial charge < -0.3 is 10.6 Å². The molecule has 21 heavy (non-hydrogen) atoms. The van der Waals surface area contributed by atoms with E-state index in [4.69, 9.17) is 0 Å². The van der Waals surface area contributed by atoms with Gasteiger partial charge in [-0.3, -0.25) is 9.48 Å². The van der Waals surface area contributed by atoms with Crippen LogP contribution in [0.3, 0.4) is 0 Å². The number of nitrogens with zero attached hydrogens (tertiary/aromatic N) is 5. The van der Waals surface area contributed by atoms with E-state index < -0.39 is 0 Å². The van der Waals surface area contributed by atoms with Gasteiger partial charge in [-0.1, -0.05) is 6.92 Å². The molecule has 0 aromatic carbocycles. The van der Waals surface area contributed by atoms with E-state index in [2.05, 4.69) is 37.6 Å². The number of hydrogen-bond acceptors (Lipinski definition) is 6. The Kier molecular flexibility index (Phi) is 5.19. The summed E-state index contributed by atoms with van der Waals surface area (Å²) in [7, 11) is 1.80. The molecule has 0 spiro atoms. The van der Waals surface area contributed by atoms with Crippen LogP contribution in [-0.4, -0.2) is 43.7 Å². The van der Waals surface area contributed by atoms with E-state index in [1.54, 1.807) is 24.3 Å². The number of hydrogen-bond donors (Lipinski definition) is 2. The minimum atomic E-state index is -0.250. The quantitative estimate of drug-likeness (QED) is 0.765. The summed E-state index contributed by atoms with van der Waals surface area (Å²) in [5.74, 6) is 1.12. The standard InChI is InChI=1S/C13H19N7O/c1-3-5-14-12-8-16-10(7-17-12)13(21)15-6-4-11-18-9-20(2)19-11/h7-9H,3-6H2,1-2H3,(H,14,17)(H,15,21). The van der Waals surface area contributed by atoms with Crippen LogP contribution in [0.5, 0.6) is 0 Å². The van der Waals surface area contributed by atoms with E-state index in [0.717, 1.165) is 13.0 Å². The molecule has 1 amide bonds. The van der Waals surface area contributed by atoms with Gasteiger partial charge in [-0.2, -0.15) is 5.10 Å². The van der Waals surface area contributed by atoms with Crippen molar-refractivity contribution in [3.8, 4) is 0 Å². The van der Waals surface area contributed by atoms with Crippen LogP contribution in [0.25, 0.3) is 0 Å². The molecule has 0 fully saturated rings. The van der Waals surface area contributed by atoms with E-state index in [1.165, 1.54) is 6.20 Å². The van der Waals surface area contributed by atoms with E-state index in [-0.39, 0.29) is 5.91 Å². The molecule has 0 saturated carbocycles. The van der Waals surface area contributed by atoms with Crippen LogP contribution in [0.4, 0.5) is 5.82 Å². The summed E-state index contributed by atoms with van der Waals surface area (Å²) >= 11 is 0. The zero-order valence-electron chi connectivity index (χ0n) is 12.2. The minimum absolute atomic E-state index is 0.250. The molecule has 0 saturated heterocycles. The first-order chi connectivity index (χ1) is 10.2. The molecule has 2 aromatic heterocycles. The maximum atomic E-state index is 11.9. The molecular formula is C13H19N7O. The van der Waals surface area contributed by atoms with Crippen molar-refractivity contribution in [3.63, 3.8) is 0 Å². The average Bonchev–Trinajstić information content (AvgIpc) is 2.91. The van der Waals surface area contributed by atoms with Crippen LogP contribution in [0, 0.1) is 0 Å². The van der Waals surface area contributed by atoms with Gasteiger partial charge in [0.1, 0.15) is 17.8 Å². The van der Waals surface area contributed by atoms with E-state index in [0.29, 0.717) is 30.3 Å². The van der Waals surface area contributed by atoms with Crippen molar-refractivity contribution < 1.29 is 4.79 Å². The smallest absolute Gasteiger partial charge is 0.271 e. The van der Waals surface area contributed by atoms with Crippen LogP contribution in [-0.2, 0) is 13.5 Å². The molecular weight excluding hydrogens is 270 g/mol. The fourth-order valence-electron chi connectivity index (χ4n) is 1.67. The van der Waals surface area contributed by atoms with Crippen molar-refractivity contribution in [3.05, 3.63) is 30.2 Å². The zero-order valence-corrected chi connectivity index (χ0v) is 12.2. The molecule has 0 atom stereocenters. The molecule has 2 rings (SSSR count). The maximum absolute atomic E-state index is 11.9. The van der Waals surface area contributed by atoms with Crippen molar-refractivity contribution in [2.24, 2.45) is 7.05 Å². The van der Waals surface area contributed by atoms with Crippen LogP contribution >= 0.6 is 0 Å². The van der Waals surface area contributed by atoms with Crippen molar-refractivity contribution in [1.29, 1.82) is 0 Å². The van der Waals surface area contributed by atoms with Crippen LogP contribution in [0.2, 0.25) is 0 Å². The Bertz CT molecular complexity index is 578. The van der Waals surface area contributed by atoms with Gasteiger partial charge in [0, 0.05) is 26.6 Å². The van der Waals surface area contributed by atoms with Gasteiger partial charge in [-0.05, 0) is 6.42 Å². The Morgan fingerprint density at radius 1 is 1.24 bits per heavy atom. The molecule has 2 aromatic rings. The van der Waals surface area contributed by atoms with Crippen molar-refractivity contribution >= 4 is 11.7 Å². The first-order valence-electron chi connectivity index (χ1n) is 6.87. The number of carbonyl (C=O) groups excluding carboxylic acids is 1. The number of aryl methyl sites for hydroxylation is 1. The molecule has 2 heterocycles. The molecule has 0 bridgehead atoms. The van der Waals surface area contributed by atoms with Gasteiger partial charge in [0.25, 0.3) is 5.91 Å². The zero-order chi connectivity index (χ0) is 15.1. The lowest BCUT2D eigenvalue weighted by molar-refractivity contribution is 0.0948. The topological polar surface area (TPSA) is 97.6 Å². The number of amides is 1. The summed E-state index contributed by atoms with van der Waals surface area (Å²) in [5.41, 5.74) is 0.297. The third-order valence-electron chi connectivity index (χ3n) is 2.72. The molecule has 0 aliphatic carbocycles. The fraction of sp³-hybridized carbons (Fsp3) is 0.462. The molecule has 0 aliphatic heterocycles. The van der Waals surface area contributed by atoms with E-state index in [9.17, 15) is 4.79 Å². The lowest BCUT2D eigenvalue weighted by atomic mass is 10.3. The molecule has 112 valence electrons. The van der Waals surface area contributed by atoms with Gasteiger partial charge in [-0.25, -0.2) is 15.0 Å². The fourth-order valence-corrected chi connectivity index (χ4v) is 1.67. The van der Waals surface area contributed by atoms with Gasteiger partial charge in [0.15, 0.2) is 5.82 Å². The van der Waals surface area contributed by atoms with E-state index in [1.807, 2.05) is 0 Å². The first-order valence-corrected chi connectivity index (χ1v) is 6.87. The summed E-state index contributed by atoms with van der Waals surface area (Å²) in [6, 6.07) is 0. The Hall–Kier alpha value is -2.51. The minimum Gasteiger partial charge on any atom is -0.369 e. The number of anilines is 1. The number of carbonyl (C=O) groups is 1. The second kappa shape index (κ2) is 7.32. The highest BCUT2D eigenvalue weighted by atomic mass is 16.1. The number of rotatable bonds is 7. The SMILES string of the molecule is CCCNc1cnc(C(=O)NCCc2ncn(C)n2)cn1. The molecule has 0 unspecified atom stereocenters. The first kappa shape index (κ1) is 14.9.